The first-order valence-electron chi connectivity index (χ1n) is 1.88. The Morgan fingerprint density at radius 2 is 2.50 bits per heavy atom. The number of rotatable bonds is 1. The van der Waals surface area contributed by atoms with Crippen LogP contribution in [0, 0.1) is 0 Å². The quantitative estimate of drug-likeness (QED) is 0.431. The molecule has 1 aliphatic rings. The van der Waals surface area contributed by atoms with Gasteiger partial charge in [0.1, 0.15) is 12.4 Å². The van der Waals surface area contributed by atoms with Crippen molar-refractivity contribution in [3.63, 3.8) is 0 Å². The highest BCUT2D eigenvalue weighted by Crippen LogP contribution is 2.12. The molecule has 0 aromatic heterocycles. The van der Waals surface area contributed by atoms with Crippen LogP contribution in [0.4, 0.5) is 0 Å². The van der Waals surface area contributed by atoms with Gasteiger partial charge in [0.2, 0.25) is 0 Å². The van der Waals surface area contributed by atoms with Gasteiger partial charge in [-0.3, -0.25) is 0 Å². The van der Waals surface area contributed by atoms with E-state index in [1.165, 1.54) is 0 Å². The third kappa shape index (κ3) is 0.612. The monoisotopic (exact) mass is 82.0 g/mol. The Morgan fingerprint density at radius 1 is 1.83 bits per heavy atom. The standard InChI is InChI=1S/C5H6O/c1-2-3-5-4-6-5/h2-3H,1,4H2/b5-3-. The molecule has 1 fully saturated rings. The average molecular weight is 82.1 g/mol. The highest BCUT2D eigenvalue weighted by molar-refractivity contribution is 5.11. The van der Waals surface area contributed by atoms with Gasteiger partial charge in [0, 0.05) is 0 Å². The van der Waals surface area contributed by atoms with E-state index in [1.807, 2.05) is 6.08 Å². The molecule has 1 heteroatoms. The van der Waals surface area contributed by atoms with Crippen LogP contribution in [0.15, 0.2) is 24.5 Å². The Labute approximate surface area is 36.9 Å². The van der Waals surface area contributed by atoms with Crippen LogP contribution < -0.4 is 0 Å². The van der Waals surface area contributed by atoms with Crippen molar-refractivity contribution in [3.8, 4) is 0 Å². The maximum atomic E-state index is 4.74. The predicted octanol–water partition coefficient (Wildman–Crippen LogP) is 1.09. The minimum absolute atomic E-state index is 0.812. The third-order valence-corrected chi connectivity index (χ3v) is 0.615. The van der Waals surface area contributed by atoms with Crippen molar-refractivity contribution in [2.45, 2.75) is 0 Å². The summed E-state index contributed by atoms with van der Waals surface area (Å²) in [5, 5.41) is 0. The summed E-state index contributed by atoms with van der Waals surface area (Å²) < 4.78 is 4.74. The van der Waals surface area contributed by atoms with Crippen molar-refractivity contribution in [2.75, 3.05) is 6.61 Å². The number of hydrogen-bond donors (Lipinski definition) is 0. The van der Waals surface area contributed by atoms with E-state index in [4.69, 9.17) is 4.74 Å². The number of epoxide rings is 1. The fourth-order valence-corrected chi connectivity index (χ4v) is 0.269. The largest absolute Gasteiger partial charge is 0.486 e. The van der Waals surface area contributed by atoms with Crippen LogP contribution in [-0.2, 0) is 4.74 Å². The molecule has 1 nitrogen and oxygen atoms in total. The van der Waals surface area contributed by atoms with E-state index < -0.39 is 0 Å². The van der Waals surface area contributed by atoms with Gasteiger partial charge in [-0.05, 0) is 6.08 Å². The van der Waals surface area contributed by atoms with Gasteiger partial charge in [-0.2, -0.15) is 0 Å². The Bertz CT molecular complexity index is 86.1. The zero-order valence-corrected chi connectivity index (χ0v) is 3.48. The molecule has 0 bridgehead atoms. The lowest BCUT2D eigenvalue weighted by atomic mass is 10.5. The molecule has 0 saturated carbocycles. The van der Waals surface area contributed by atoms with Crippen LogP contribution in [0.1, 0.15) is 0 Å². The maximum absolute atomic E-state index is 4.74. The first-order chi connectivity index (χ1) is 2.93. The van der Waals surface area contributed by atoms with Crippen molar-refractivity contribution < 1.29 is 4.74 Å². The lowest BCUT2D eigenvalue weighted by Gasteiger charge is -1.56. The van der Waals surface area contributed by atoms with E-state index in [0.717, 1.165) is 12.4 Å². The smallest absolute Gasteiger partial charge is 0.145 e. The molecule has 0 unspecified atom stereocenters. The highest BCUT2D eigenvalue weighted by atomic mass is 16.6. The summed E-state index contributed by atoms with van der Waals surface area (Å²) in [5.41, 5.74) is 0. The average Bonchev–Trinajstić information content (AvgIpc) is 2.21. The Balaban J connectivity index is 2.42. The summed E-state index contributed by atoms with van der Waals surface area (Å²) in [7, 11) is 0. The Morgan fingerprint density at radius 3 is 2.67 bits per heavy atom. The Hall–Kier alpha value is -0.720. The summed E-state index contributed by atoms with van der Waals surface area (Å²) in [6, 6.07) is 0. The molecule has 0 N–H and O–H groups in total. The van der Waals surface area contributed by atoms with Crippen molar-refractivity contribution in [1.82, 2.24) is 0 Å². The second-order valence-electron chi connectivity index (χ2n) is 1.16. The van der Waals surface area contributed by atoms with Gasteiger partial charge in [-0.15, -0.1) is 0 Å². The highest BCUT2D eigenvalue weighted by Gasteiger charge is 2.08. The summed E-state index contributed by atoms with van der Waals surface area (Å²) in [4.78, 5) is 0. The van der Waals surface area contributed by atoms with Crippen molar-refractivity contribution in [1.29, 1.82) is 0 Å². The van der Waals surface area contributed by atoms with Gasteiger partial charge < -0.3 is 4.74 Å². The topological polar surface area (TPSA) is 12.5 Å². The summed E-state index contributed by atoms with van der Waals surface area (Å²) in [5.74, 6) is 1.05. The van der Waals surface area contributed by atoms with Crippen molar-refractivity contribution in [2.24, 2.45) is 0 Å². The molecular weight excluding hydrogens is 76.1 g/mol. The molecule has 1 rings (SSSR count). The molecular formula is C5H6O. The molecule has 0 aliphatic carbocycles. The fraction of sp³-hybridized carbons (Fsp3) is 0.200. The van der Waals surface area contributed by atoms with E-state index in [-0.39, 0.29) is 0 Å². The molecule has 0 spiro atoms. The van der Waals surface area contributed by atoms with Crippen LogP contribution in [0.25, 0.3) is 0 Å². The summed E-state index contributed by atoms with van der Waals surface area (Å²) in [6.45, 7) is 4.30. The van der Waals surface area contributed by atoms with Gasteiger partial charge in [0.15, 0.2) is 0 Å². The Kier molecular flexibility index (Phi) is 0.675. The van der Waals surface area contributed by atoms with E-state index in [0.29, 0.717) is 0 Å². The number of ether oxygens (including phenoxy) is 1. The molecule has 6 heavy (non-hydrogen) atoms. The second kappa shape index (κ2) is 1.17. The van der Waals surface area contributed by atoms with Gasteiger partial charge in [0.05, 0.1) is 0 Å². The molecule has 0 amide bonds. The molecule has 0 aromatic carbocycles. The number of hydrogen-bond acceptors (Lipinski definition) is 1. The molecule has 0 radical (unpaired) electrons. The molecule has 1 saturated heterocycles. The zero-order valence-electron chi connectivity index (χ0n) is 3.48. The SMILES string of the molecule is C=C/C=C1/CO1. The minimum Gasteiger partial charge on any atom is -0.486 e. The third-order valence-electron chi connectivity index (χ3n) is 0.615. The van der Waals surface area contributed by atoms with E-state index >= 15 is 0 Å². The first-order valence-corrected chi connectivity index (χ1v) is 1.88. The van der Waals surface area contributed by atoms with Crippen LogP contribution in [0.5, 0.6) is 0 Å². The van der Waals surface area contributed by atoms with E-state index in [9.17, 15) is 0 Å². The lowest BCUT2D eigenvalue weighted by Crippen LogP contribution is -1.40. The molecule has 0 atom stereocenters. The molecule has 32 valence electrons. The van der Waals surface area contributed by atoms with Gasteiger partial charge >= 0.3 is 0 Å². The van der Waals surface area contributed by atoms with Crippen LogP contribution in [0.2, 0.25) is 0 Å². The van der Waals surface area contributed by atoms with Gasteiger partial charge in [-0.25, -0.2) is 0 Å². The fourth-order valence-electron chi connectivity index (χ4n) is 0.269. The van der Waals surface area contributed by atoms with Crippen LogP contribution >= 0.6 is 0 Å². The maximum Gasteiger partial charge on any atom is 0.145 e. The van der Waals surface area contributed by atoms with Crippen molar-refractivity contribution >= 4 is 0 Å². The van der Waals surface area contributed by atoms with Gasteiger partial charge in [0.25, 0.3) is 0 Å². The van der Waals surface area contributed by atoms with Crippen molar-refractivity contribution in [3.05, 3.63) is 24.5 Å². The molecule has 1 aliphatic heterocycles. The lowest BCUT2D eigenvalue weighted by molar-refractivity contribution is 0.510. The molecule has 1 heterocycles. The van der Waals surface area contributed by atoms with Crippen LogP contribution in [0.3, 0.4) is 0 Å². The number of allylic oxidation sites excluding steroid dienone is 2. The first kappa shape index (κ1) is 3.47. The second-order valence-corrected chi connectivity index (χ2v) is 1.16. The summed E-state index contributed by atoms with van der Waals surface area (Å²) in [6.07, 6.45) is 3.59. The zero-order chi connectivity index (χ0) is 4.41. The van der Waals surface area contributed by atoms with Crippen LogP contribution in [-0.4, -0.2) is 6.61 Å². The van der Waals surface area contributed by atoms with Gasteiger partial charge in [-0.1, -0.05) is 12.7 Å². The predicted molar refractivity (Wildman–Crippen MR) is 24.2 cm³/mol. The van der Waals surface area contributed by atoms with E-state index in [1.54, 1.807) is 6.08 Å². The molecule has 0 aromatic rings. The minimum atomic E-state index is 0.812. The summed E-state index contributed by atoms with van der Waals surface area (Å²) >= 11 is 0. The normalized spacial score (nSPS) is 23.0. The van der Waals surface area contributed by atoms with E-state index in [2.05, 4.69) is 6.58 Å².